The molecule has 0 aliphatic heterocycles. The third-order valence-corrected chi connectivity index (χ3v) is 2.84. The van der Waals surface area contributed by atoms with E-state index in [4.69, 9.17) is 11.0 Å². The lowest BCUT2D eigenvalue weighted by atomic mass is 10.1. The number of anilines is 1. The second-order valence-electron chi connectivity index (χ2n) is 3.97. The summed E-state index contributed by atoms with van der Waals surface area (Å²) in [6, 6.07) is 7.92. The van der Waals surface area contributed by atoms with Crippen molar-refractivity contribution in [3.8, 4) is 17.2 Å². The second kappa shape index (κ2) is 4.07. The summed E-state index contributed by atoms with van der Waals surface area (Å²) in [6.07, 6.45) is 2.97. The van der Waals surface area contributed by atoms with Gasteiger partial charge in [0.05, 0.1) is 6.20 Å². The summed E-state index contributed by atoms with van der Waals surface area (Å²) in [5.74, 6) is 0.0420. The lowest BCUT2D eigenvalue weighted by molar-refractivity contribution is 0.628. The fraction of sp³-hybridized carbons (Fsp3) is 0. The summed E-state index contributed by atoms with van der Waals surface area (Å²) in [6.45, 7) is 0. The van der Waals surface area contributed by atoms with Crippen LogP contribution in [0.2, 0.25) is 0 Å². The summed E-state index contributed by atoms with van der Waals surface area (Å²) in [7, 11) is 0. The minimum Gasteiger partial charge on any atom is -0.383 e. The largest absolute Gasteiger partial charge is 0.383 e. The van der Waals surface area contributed by atoms with E-state index in [2.05, 4.69) is 10.1 Å². The number of nitrogen functional groups attached to an aromatic ring is 1. The average molecular weight is 253 g/mol. The van der Waals surface area contributed by atoms with Gasteiger partial charge in [-0.3, -0.25) is 0 Å². The van der Waals surface area contributed by atoms with Crippen LogP contribution in [0.3, 0.4) is 0 Å². The predicted molar refractivity (Wildman–Crippen MR) is 67.5 cm³/mol. The lowest BCUT2D eigenvalue weighted by Gasteiger charge is -2.07. The van der Waals surface area contributed by atoms with Gasteiger partial charge in [0.25, 0.3) is 0 Å². The number of nitriles is 1. The van der Waals surface area contributed by atoms with Crippen LogP contribution in [-0.2, 0) is 0 Å². The number of halogens is 1. The quantitative estimate of drug-likeness (QED) is 0.719. The van der Waals surface area contributed by atoms with E-state index < -0.39 is 0 Å². The first-order valence-electron chi connectivity index (χ1n) is 5.49. The molecular formula is C13H8FN5. The SMILES string of the molecule is N#Cc1cnn2c(N)c(-c3ccc(F)cc3)cnc12. The van der Waals surface area contributed by atoms with Gasteiger partial charge in [0.2, 0.25) is 0 Å². The van der Waals surface area contributed by atoms with Gasteiger partial charge in [-0.25, -0.2) is 9.37 Å². The van der Waals surface area contributed by atoms with E-state index in [0.29, 0.717) is 22.6 Å². The van der Waals surface area contributed by atoms with Gasteiger partial charge < -0.3 is 5.73 Å². The van der Waals surface area contributed by atoms with Crippen molar-refractivity contribution in [3.05, 3.63) is 48.0 Å². The maximum Gasteiger partial charge on any atom is 0.175 e. The van der Waals surface area contributed by atoms with Gasteiger partial charge in [0, 0.05) is 11.8 Å². The Balaban J connectivity index is 2.24. The summed E-state index contributed by atoms with van der Waals surface area (Å²) in [5, 5.41) is 12.9. The minimum absolute atomic E-state index is 0.317. The topological polar surface area (TPSA) is 80.0 Å². The Kier molecular flexibility index (Phi) is 2.39. The highest BCUT2D eigenvalue weighted by Gasteiger charge is 2.12. The number of fused-ring (bicyclic) bond motifs is 1. The number of hydrogen-bond donors (Lipinski definition) is 1. The van der Waals surface area contributed by atoms with E-state index in [1.54, 1.807) is 18.3 Å². The van der Waals surface area contributed by atoms with Crippen LogP contribution in [0.15, 0.2) is 36.7 Å². The van der Waals surface area contributed by atoms with Crippen LogP contribution in [0.25, 0.3) is 16.8 Å². The van der Waals surface area contributed by atoms with Crippen molar-refractivity contribution in [1.29, 1.82) is 5.26 Å². The molecule has 2 heterocycles. The Morgan fingerprint density at radius 2 is 1.95 bits per heavy atom. The second-order valence-corrected chi connectivity index (χ2v) is 3.97. The monoisotopic (exact) mass is 253 g/mol. The zero-order chi connectivity index (χ0) is 13.4. The normalized spacial score (nSPS) is 10.5. The molecule has 2 N–H and O–H groups in total. The van der Waals surface area contributed by atoms with Gasteiger partial charge in [-0.15, -0.1) is 0 Å². The van der Waals surface area contributed by atoms with Crippen molar-refractivity contribution in [3.63, 3.8) is 0 Å². The summed E-state index contributed by atoms with van der Waals surface area (Å²) < 4.78 is 14.3. The van der Waals surface area contributed by atoms with Crippen molar-refractivity contribution in [2.24, 2.45) is 0 Å². The fourth-order valence-corrected chi connectivity index (χ4v) is 1.88. The van der Waals surface area contributed by atoms with Gasteiger partial charge in [-0.2, -0.15) is 14.9 Å². The molecule has 0 aliphatic carbocycles. The predicted octanol–water partition coefficient (Wildman–Crippen LogP) is 1.99. The zero-order valence-electron chi connectivity index (χ0n) is 9.71. The smallest absolute Gasteiger partial charge is 0.175 e. The molecule has 0 atom stereocenters. The van der Waals surface area contributed by atoms with E-state index in [9.17, 15) is 4.39 Å². The van der Waals surface area contributed by atoms with Crippen molar-refractivity contribution in [2.45, 2.75) is 0 Å². The van der Waals surface area contributed by atoms with Crippen molar-refractivity contribution in [1.82, 2.24) is 14.6 Å². The third kappa shape index (κ3) is 1.68. The van der Waals surface area contributed by atoms with Gasteiger partial charge in [0.1, 0.15) is 23.3 Å². The summed E-state index contributed by atoms with van der Waals surface area (Å²) in [4.78, 5) is 4.18. The van der Waals surface area contributed by atoms with Crippen LogP contribution in [-0.4, -0.2) is 14.6 Å². The Morgan fingerprint density at radius 3 is 2.63 bits per heavy atom. The van der Waals surface area contributed by atoms with E-state index in [0.717, 1.165) is 5.56 Å². The molecule has 3 rings (SSSR count). The first-order valence-corrected chi connectivity index (χ1v) is 5.49. The Hall–Kier alpha value is -2.94. The highest BCUT2D eigenvalue weighted by atomic mass is 19.1. The standard InChI is InChI=1S/C13H8FN5/c14-10-3-1-8(2-4-10)11-7-17-13-9(5-15)6-18-19(13)12(11)16/h1-4,6-7H,16H2. The van der Waals surface area contributed by atoms with Crippen LogP contribution in [0, 0.1) is 17.1 Å². The Labute approximate surface area is 107 Å². The molecule has 19 heavy (non-hydrogen) atoms. The van der Waals surface area contributed by atoms with Crippen LogP contribution >= 0.6 is 0 Å². The van der Waals surface area contributed by atoms with E-state index >= 15 is 0 Å². The molecule has 0 saturated carbocycles. The fourth-order valence-electron chi connectivity index (χ4n) is 1.88. The minimum atomic E-state index is -0.317. The Bertz CT molecular complexity index is 798. The molecule has 0 unspecified atom stereocenters. The molecule has 0 amide bonds. The molecule has 5 nitrogen and oxygen atoms in total. The van der Waals surface area contributed by atoms with Crippen LogP contribution < -0.4 is 5.73 Å². The van der Waals surface area contributed by atoms with Gasteiger partial charge >= 0.3 is 0 Å². The molecule has 0 radical (unpaired) electrons. The summed E-state index contributed by atoms with van der Waals surface area (Å²) in [5.41, 5.74) is 8.16. The lowest BCUT2D eigenvalue weighted by Crippen LogP contribution is -2.02. The molecule has 0 saturated heterocycles. The first kappa shape index (κ1) is 11.2. The molecule has 0 bridgehead atoms. The number of hydrogen-bond acceptors (Lipinski definition) is 4. The number of rotatable bonds is 1. The summed E-state index contributed by atoms with van der Waals surface area (Å²) >= 11 is 0. The molecule has 2 aromatic heterocycles. The number of nitrogens with zero attached hydrogens (tertiary/aromatic N) is 4. The molecule has 92 valence electrons. The highest BCUT2D eigenvalue weighted by Crippen LogP contribution is 2.26. The average Bonchev–Trinajstić information content (AvgIpc) is 2.84. The molecule has 6 heteroatoms. The maximum atomic E-state index is 12.9. The van der Waals surface area contributed by atoms with Crippen LogP contribution in [0.1, 0.15) is 5.56 Å². The van der Waals surface area contributed by atoms with Crippen molar-refractivity contribution in [2.75, 3.05) is 5.73 Å². The van der Waals surface area contributed by atoms with Crippen LogP contribution in [0.4, 0.5) is 10.2 Å². The first-order chi connectivity index (χ1) is 9.20. The number of benzene rings is 1. The van der Waals surface area contributed by atoms with E-state index in [1.807, 2.05) is 6.07 Å². The molecule has 3 aromatic rings. The number of aromatic nitrogens is 3. The maximum absolute atomic E-state index is 12.9. The molecule has 0 aliphatic rings. The van der Waals surface area contributed by atoms with Gasteiger partial charge in [0.15, 0.2) is 5.65 Å². The zero-order valence-corrected chi connectivity index (χ0v) is 9.71. The molecule has 1 aromatic carbocycles. The van der Waals surface area contributed by atoms with Crippen molar-refractivity contribution < 1.29 is 4.39 Å². The Morgan fingerprint density at radius 1 is 1.21 bits per heavy atom. The van der Waals surface area contributed by atoms with Gasteiger partial charge in [-0.05, 0) is 17.7 Å². The van der Waals surface area contributed by atoms with E-state index in [-0.39, 0.29) is 5.82 Å². The van der Waals surface area contributed by atoms with Crippen LogP contribution in [0.5, 0.6) is 0 Å². The van der Waals surface area contributed by atoms with E-state index in [1.165, 1.54) is 22.8 Å². The number of nitrogens with two attached hydrogens (primary N) is 1. The highest BCUT2D eigenvalue weighted by molar-refractivity contribution is 5.75. The van der Waals surface area contributed by atoms with Gasteiger partial charge in [-0.1, -0.05) is 12.1 Å². The van der Waals surface area contributed by atoms with Crippen molar-refractivity contribution >= 4 is 11.5 Å². The third-order valence-electron chi connectivity index (χ3n) is 2.84. The molecule has 0 fully saturated rings. The molecular weight excluding hydrogens is 245 g/mol. The molecule has 0 spiro atoms.